The van der Waals surface area contributed by atoms with Crippen LogP contribution in [0.25, 0.3) is 4.85 Å². The number of carbonyl (C=O) groups excluding carboxylic acids is 1. The number of piperidine rings is 1. The molecule has 1 fully saturated rings. The number of anilines is 2. The molecule has 10 heteroatoms. The van der Waals surface area contributed by atoms with Crippen LogP contribution in [0.2, 0.25) is 0 Å². The third-order valence-corrected chi connectivity index (χ3v) is 4.64. The molecule has 2 aromatic rings. The van der Waals surface area contributed by atoms with Crippen LogP contribution in [0.4, 0.5) is 20.6 Å². The van der Waals surface area contributed by atoms with Crippen molar-refractivity contribution in [2.45, 2.75) is 18.9 Å². The third-order valence-electron chi connectivity index (χ3n) is 4.64. The van der Waals surface area contributed by atoms with Gasteiger partial charge < -0.3 is 10.5 Å². The van der Waals surface area contributed by atoms with Crippen LogP contribution in [-0.2, 0) is 0 Å². The number of primary amides is 1. The van der Waals surface area contributed by atoms with Gasteiger partial charge in [0.2, 0.25) is 0 Å². The number of nitrogens with zero attached hydrogens (tertiary/aromatic N) is 5. The number of amides is 2. The molecular formula is C21H25FN7O2+. The molecule has 1 aliphatic heterocycles. The Kier molecular flexibility index (Phi) is 6.87. The lowest BCUT2D eigenvalue weighted by Crippen LogP contribution is -2.38. The van der Waals surface area contributed by atoms with E-state index in [4.69, 9.17) is 15.9 Å². The summed E-state index contributed by atoms with van der Waals surface area (Å²) >= 11 is 0. The van der Waals surface area contributed by atoms with E-state index in [2.05, 4.69) is 16.0 Å². The van der Waals surface area contributed by atoms with Crippen molar-refractivity contribution in [3.05, 3.63) is 53.4 Å². The molecule has 2 heterocycles. The van der Waals surface area contributed by atoms with Crippen molar-refractivity contribution in [1.82, 2.24) is 14.8 Å². The molecule has 0 radical (unpaired) electrons. The summed E-state index contributed by atoms with van der Waals surface area (Å²) in [5.74, 6) is -0.169. The fourth-order valence-corrected chi connectivity index (χ4v) is 3.17. The van der Waals surface area contributed by atoms with E-state index in [0.717, 1.165) is 19.4 Å². The fourth-order valence-electron chi connectivity index (χ4n) is 3.17. The van der Waals surface area contributed by atoms with E-state index in [-0.39, 0.29) is 23.5 Å². The maximum atomic E-state index is 14.3. The Morgan fingerprint density at radius 3 is 2.87 bits per heavy atom. The van der Waals surface area contributed by atoms with E-state index in [9.17, 15) is 9.18 Å². The van der Waals surface area contributed by atoms with Crippen LogP contribution in [0.1, 0.15) is 12.8 Å². The maximum absolute atomic E-state index is 14.3. The SMILES string of the molecule is CN(C)C(=N)[N+]#CN1CCC[C@@H](Oc2cc(F)cc(N(C(N)=O)c3cccnc3)c2)C1. The first kappa shape index (κ1) is 21.8. The first-order valence-electron chi connectivity index (χ1n) is 9.77. The minimum Gasteiger partial charge on any atom is -0.487 e. The molecule has 31 heavy (non-hydrogen) atoms. The Morgan fingerprint density at radius 1 is 1.39 bits per heavy atom. The average molecular weight is 426 g/mol. The lowest BCUT2D eigenvalue weighted by atomic mass is 10.1. The number of nitrogens with two attached hydrogens (primary N) is 1. The van der Waals surface area contributed by atoms with Gasteiger partial charge in [-0.1, -0.05) is 0 Å². The largest absolute Gasteiger partial charge is 0.487 e. The molecule has 0 unspecified atom stereocenters. The van der Waals surface area contributed by atoms with Gasteiger partial charge in [0.1, 0.15) is 17.7 Å². The summed E-state index contributed by atoms with van der Waals surface area (Å²) < 4.78 is 20.3. The molecule has 0 spiro atoms. The maximum Gasteiger partial charge on any atom is 0.435 e. The predicted octanol–water partition coefficient (Wildman–Crippen LogP) is 3.07. The number of hydrogen-bond donors (Lipinski definition) is 2. The number of pyridine rings is 1. The minimum absolute atomic E-state index is 0.0970. The van der Waals surface area contributed by atoms with Gasteiger partial charge in [0.15, 0.2) is 0 Å². The fraction of sp³-hybridized carbons (Fsp3) is 0.333. The number of aromatic nitrogens is 1. The standard InChI is InChI=1S/C21H24FN7O2/c1-27(2)20(23)26-14-28-8-4-6-18(13-28)31-19-10-15(22)9-17(11-19)29(21(24)30)16-5-3-7-25-12-16/h3,5,7,9-12,18,23H,4,6,8,13H2,1-2H3,(H-,24,30)/p+1/t18-/m1/s1. The molecule has 0 aliphatic carbocycles. The highest BCUT2D eigenvalue weighted by Gasteiger charge is 2.24. The summed E-state index contributed by atoms with van der Waals surface area (Å²) in [6, 6.07) is 6.60. The Morgan fingerprint density at radius 2 is 2.19 bits per heavy atom. The Hall–Kier alpha value is -3.87. The molecule has 9 nitrogen and oxygen atoms in total. The van der Waals surface area contributed by atoms with E-state index in [1.807, 2.05) is 4.90 Å². The van der Waals surface area contributed by atoms with E-state index >= 15 is 0 Å². The van der Waals surface area contributed by atoms with Gasteiger partial charge in [-0.3, -0.25) is 19.7 Å². The number of guanidine groups is 1. The number of nitrogens with one attached hydrogen (secondary N) is 1. The zero-order chi connectivity index (χ0) is 22.4. The van der Waals surface area contributed by atoms with Crippen LogP contribution in [-0.4, -0.2) is 60.1 Å². The second kappa shape index (κ2) is 9.75. The molecular weight excluding hydrogens is 401 g/mol. The molecule has 1 aromatic carbocycles. The molecule has 2 amide bonds. The minimum atomic E-state index is -0.762. The van der Waals surface area contributed by atoms with E-state index in [0.29, 0.717) is 12.2 Å². The molecule has 3 rings (SSSR count). The van der Waals surface area contributed by atoms with Crippen molar-refractivity contribution in [3.8, 4) is 11.9 Å². The van der Waals surface area contributed by atoms with Crippen LogP contribution < -0.4 is 15.4 Å². The number of benzene rings is 1. The summed E-state index contributed by atoms with van der Waals surface area (Å²) in [4.78, 5) is 24.6. The number of likely N-dealkylation sites (tertiary alicyclic amines) is 1. The highest BCUT2D eigenvalue weighted by molar-refractivity contribution is 5.98. The highest BCUT2D eigenvalue weighted by atomic mass is 19.1. The highest BCUT2D eigenvalue weighted by Crippen LogP contribution is 2.30. The number of rotatable bonds is 4. The van der Waals surface area contributed by atoms with E-state index < -0.39 is 11.8 Å². The van der Waals surface area contributed by atoms with Gasteiger partial charge in [-0.05, 0) is 31.0 Å². The number of hydrogen-bond acceptors (Lipinski definition) is 5. The number of halogens is 1. The number of ether oxygens (including phenoxy) is 1. The van der Waals surface area contributed by atoms with Gasteiger partial charge >= 0.3 is 12.0 Å². The van der Waals surface area contributed by atoms with Gasteiger partial charge in [0.25, 0.3) is 6.19 Å². The van der Waals surface area contributed by atoms with Crippen LogP contribution in [0.5, 0.6) is 5.75 Å². The summed E-state index contributed by atoms with van der Waals surface area (Å²) in [5, 5.41) is 7.73. The number of urea groups is 1. The zero-order valence-electron chi connectivity index (χ0n) is 17.5. The quantitative estimate of drug-likeness (QED) is 0.444. The van der Waals surface area contributed by atoms with Crippen LogP contribution >= 0.6 is 0 Å². The monoisotopic (exact) mass is 426 g/mol. The summed E-state index contributed by atoms with van der Waals surface area (Å²) in [7, 11) is 3.47. The molecule has 0 saturated carbocycles. The first-order chi connectivity index (χ1) is 14.8. The summed E-state index contributed by atoms with van der Waals surface area (Å²) in [6.07, 6.45) is 7.29. The Labute approximate surface area is 180 Å². The first-order valence-corrected chi connectivity index (χ1v) is 9.77. The van der Waals surface area contributed by atoms with Gasteiger partial charge in [0, 0.05) is 32.4 Å². The second-order valence-corrected chi connectivity index (χ2v) is 7.29. The van der Waals surface area contributed by atoms with Gasteiger partial charge in [-0.2, -0.15) is 4.85 Å². The Bertz CT molecular complexity index is 1000. The lowest BCUT2D eigenvalue weighted by Gasteiger charge is -2.27. The predicted molar refractivity (Wildman–Crippen MR) is 116 cm³/mol. The lowest BCUT2D eigenvalue weighted by molar-refractivity contribution is 0.119. The molecule has 1 aromatic heterocycles. The smallest absolute Gasteiger partial charge is 0.435 e. The molecule has 1 saturated heterocycles. The van der Waals surface area contributed by atoms with E-state index in [1.165, 1.54) is 23.2 Å². The van der Waals surface area contributed by atoms with Gasteiger partial charge in [-0.25, -0.2) is 9.18 Å². The van der Waals surface area contributed by atoms with Crippen molar-refractivity contribution >= 4 is 23.4 Å². The molecule has 162 valence electrons. The topological polar surface area (TPSA) is 103 Å². The molecule has 3 N–H and O–H groups in total. The van der Waals surface area contributed by atoms with Crippen LogP contribution in [0.15, 0.2) is 42.7 Å². The summed E-state index contributed by atoms with van der Waals surface area (Å²) in [6.45, 7) is 1.24. The van der Waals surface area contributed by atoms with E-state index in [1.54, 1.807) is 43.4 Å². The van der Waals surface area contributed by atoms with Gasteiger partial charge in [0.05, 0.1) is 30.7 Å². The van der Waals surface area contributed by atoms with Crippen molar-refractivity contribution in [2.24, 2.45) is 5.73 Å². The normalized spacial score (nSPS) is 15.5. The third kappa shape index (κ3) is 5.82. The zero-order valence-corrected chi connectivity index (χ0v) is 17.5. The Balaban J connectivity index is 1.77. The van der Waals surface area contributed by atoms with Gasteiger partial charge in [-0.15, -0.1) is 5.41 Å². The van der Waals surface area contributed by atoms with Crippen LogP contribution in [0.3, 0.4) is 0 Å². The van der Waals surface area contributed by atoms with Crippen molar-refractivity contribution < 1.29 is 13.9 Å². The average Bonchev–Trinajstić information content (AvgIpc) is 2.72. The van der Waals surface area contributed by atoms with Crippen molar-refractivity contribution in [1.29, 1.82) is 5.41 Å². The second-order valence-electron chi connectivity index (χ2n) is 7.29. The molecule has 0 bridgehead atoms. The molecule has 1 atom stereocenters. The van der Waals surface area contributed by atoms with Crippen molar-refractivity contribution in [2.75, 3.05) is 32.1 Å². The number of carbonyl (C=O) groups is 1. The van der Waals surface area contributed by atoms with Crippen molar-refractivity contribution in [3.63, 3.8) is 0 Å². The van der Waals surface area contributed by atoms with Crippen LogP contribution in [0, 0.1) is 17.4 Å². The summed E-state index contributed by atoms with van der Waals surface area (Å²) in [5.41, 5.74) is 6.20. The molecule has 1 aliphatic rings.